The summed E-state index contributed by atoms with van der Waals surface area (Å²) < 4.78 is 47.7. The third-order valence-electron chi connectivity index (χ3n) is 4.17. The van der Waals surface area contributed by atoms with E-state index in [1.165, 1.54) is 43.4 Å². The Bertz CT molecular complexity index is 1240. The molecule has 156 valence electrons. The lowest BCUT2D eigenvalue weighted by molar-refractivity contribution is 0.0964. The third kappa shape index (κ3) is 4.52. The number of furan rings is 1. The summed E-state index contributed by atoms with van der Waals surface area (Å²) in [4.78, 5) is 12.6. The van der Waals surface area contributed by atoms with E-state index in [9.17, 15) is 17.6 Å². The second kappa shape index (κ2) is 8.42. The normalized spacial score (nSPS) is 11.1. The average molecular weight is 431 g/mol. The molecule has 2 N–H and O–H groups in total. The summed E-state index contributed by atoms with van der Waals surface area (Å²) in [5, 5.41) is 14.5. The molecule has 0 fully saturated rings. The molecule has 10 heteroatoms. The van der Waals surface area contributed by atoms with Crippen LogP contribution in [0.4, 0.5) is 10.1 Å². The van der Waals surface area contributed by atoms with E-state index in [1.54, 1.807) is 0 Å². The molecule has 1 aromatic heterocycles. The van der Waals surface area contributed by atoms with Crippen molar-refractivity contribution in [1.29, 1.82) is 5.26 Å². The van der Waals surface area contributed by atoms with Crippen molar-refractivity contribution in [3.8, 4) is 23.1 Å². The number of nitrogens with zero attached hydrogens (tertiary/aromatic N) is 1. The minimum absolute atomic E-state index is 0.185. The minimum Gasteiger partial charge on any atom is -0.477 e. The van der Waals surface area contributed by atoms with E-state index in [2.05, 4.69) is 10.6 Å². The first-order valence-electron chi connectivity index (χ1n) is 8.73. The van der Waals surface area contributed by atoms with Crippen molar-refractivity contribution in [3.05, 3.63) is 47.8 Å². The SMILES string of the molecule is CNC(=O)c1c(-c2ccc(F)cc2)oc2cc(NCS(C)(=O)=O)c(OCC#N)cc12. The third-order valence-corrected chi connectivity index (χ3v) is 4.84. The molecule has 0 bridgehead atoms. The highest BCUT2D eigenvalue weighted by molar-refractivity contribution is 7.90. The zero-order chi connectivity index (χ0) is 21.9. The molecule has 3 aromatic rings. The summed E-state index contributed by atoms with van der Waals surface area (Å²) in [5.41, 5.74) is 1.26. The molecule has 0 atom stereocenters. The van der Waals surface area contributed by atoms with Gasteiger partial charge >= 0.3 is 0 Å². The molecule has 8 nitrogen and oxygen atoms in total. The molecule has 0 radical (unpaired) electrons. The second-order valence-electron chi connectivity index (χ2n) is 6.43. The highest BCUT2D eigenvalue weighted by Crippen LogP contribution is 2.39. The molecule has 3 rings (SSSR count). The number of carbonyl (C=O) groups is 1. The summed E-state index contributed by atoms with van der Waals surface area (Å²) in [7, 11) is -1.88. The van der Waals surface area contributed by atoms with Crippen molar-refractivity contribution in [1.82, 2.24) is 5.32 Å². The van der Waals surface area contributed by atoms with Crippen LogP contribution in [0.3, 0.4) is 0 Å². The first kappa shape index (κ1) is 21.1. The Kier molecular flexibility index (Phi) is 5.94. The van der Waals surface area contributed by atoms with Gasteiger partial charge in [-0.25, -0.2) is 12.8 Å². The molecule has 0 aliphatic heterocycles. The quantitative estimate of drug-likeness (QED) is 0.590. The second-order valence-corrected chi connectivity index (χ2v) is 8.57. The number of hydrogen-bond donors (Lipinski definition) is 2. The highest BCUT2D eigenvalue weighted by Gasteiger charge is 2.23. The number of halogens is 1. The lowest BCUT2D eigenvalue weighted by atomic mass is 10.0. The Balaban J connectivity index is 2.22. The Hall–Kier alpha value is -3.58. The largest absolute Gasteiger partial charge is 0.477 e. The van der Waals surface area contributed by atoms with Crippen molar-refractivity contribution in [2.45, 2.75) is 0 Å². The summed E-state index contributed by atoms with van der Waals surface area (Å²) in [6.45, 7) is -0.281. The molecule has 0 aliphatic carbocycles. The number of carbonyl (C=O) groups excluding carboxylic acids is 1. The lowest BCUT2D eigenvalue weighted by Gasteiger charge is -2.11. The van der Waals surface area contributed by atoms with Crippen LogP contribution < -0.4 is 15.4 Å². The summed E-state index contributed by atoms with van der Waals surface area (Å²) in [6, 6.07) is 10.3. The molecule has 0 spiro atoms. The first-order chi connectivity index (χ1) is 14.2. The van der Waals surface area contributed by atoms with E-state index in [-0.39, 0.29) is 40.8 Å². The van der Waals surface area contributed by atoms with Gasteiger partial charge in [0.25, 0.3) is 5.91 Å². The molecule has 0 saturated heterocycles. The van der Waals surface area contributed by atoms with Crippen LogP contribution in [-0.2, 0) is 9.84 Å². The number of rotatable bonds is 7. The van der Waals surface area contributed by atoms with Crippen LogP contribution in [0.5, 0.6) is 5.75 Å². The van der Waals surface area contributed by atoms with Crippen molar-refractivity contribution >= 4 is 32.4 Å². The Labute approximate surface area is 172 Å². The number of amides is 1. The van der Waals surface area contributed by atoms with Gasteiger partial charge in [-0.15, -0.1) is 0 Å². The van der Waals surface area contributed by atoms with Crippen LogP contribution in [0.1, 0.15) is 10.4 Å². The summed E-state index contributed by atoms with van der Waals surface area (Å²) in [5.74, 6) is -0.831. The van der Waals surface area contributed by atoms with Gasteiger partial charge in [-0.3, -0.25) is 4.79 Å². The van der Waals surface area contributed by atoms with Crippen LogP contribution in [-0.4, -0.2) is 40.1 Å². The number of ether oxygens (including phenoxy) is 1. The molecular weight excluding hydrogens is 413 g/mol. The minimum atomic E-state index is -3.34. The molecule has 30 heavy (non-hydrogen) atoms. The van der Waals surface area contributed by atoms with Crippen molar-refractivity contribution in [2.75, 3.05) is 31.1 Å². The van der Waals surface area contributed by atoms with Crippen LogP contribution in [0.2, 0.25) is 0 Å². The molecular formula is C20H18FN3O5S. The number of anilines is 1. The first-order valence-corrected chi connectivity index (χ1v) is 10.8. The van der Waals surface area contributed by atoms with E-state index in [4.69, 9.17) is 14.4 Å². The van der Waals surface area contributed by atoms with Gasteiger partial charge in [-0.2, -0.15) is 5.26 Å². The van der Waals surface area contributed by atoms with E-state index < -0.39 is 21.6 Å². The maximum atomic E-state index is 13.3. The standard InChI is InChI=1S/C20H18FN3O5S/c1-23-20(25)18-14-9-17(28-8-7-22)15(24-11-30(2,26)27)10-16(14)29-19(18)12-3-5-13(21)6-4-12/h3-6,9-10,24H,8,11H2,1-2H3,(H,23,25). The Morgan fingerprint density at radius 3 is 2.57 bits per heavy atom. The van der Waals surface area contributed by atoms with E-state index in [0.29, 0.717) is 10.9 Å². The zero-order valence-corrected chi connectivity index (χ0v) is 17.0. The van der Waals surface area contributed by atoms with Crippen LogP contribution in [0.15, 0.2) is 40.8 Å². The number of benzene rings is 2. The van der Waals surface area contributed by atoms with Gasteiger partial charge in [0.15, 0.2) is 16.4 Å². The summed E-state index contributed by atoms with van der Waals surface area (Å²) in [6.07, 6.45) is 1.07. The zero-order valence-electron chi connectivity index (χ0n) is 16.2. The van der Waals surface area contributed by atoms with Crippen LogP contribution in [0.25, 0.3) is 22.3 Å². The van der Waals surface area contributed by atoms with Crippen LogP contribution in [0, 0.1) is 17.1 Å². The van der Waals surface area contributed by atoms with Gasteiger partial charge in [0.1, 0.15) is 34.9 Å². The number of fused-ring (bicyclic) bond motifs is 1. The van der Waals surface area contributed by atoms with Gasteiger partial charge in [0.05, 0.1) is 11.3 Å². The number of hydrogen-bond acceptors (Lipinski definition) is 7. The molecule has 0 unspecified atom stereocenters. The summed E-state index contributed by atoms with van der Waals surface area (Å²) >= 11 is 0. The van der Waals surface area contributed by atoms with E-state index in [0.717, 1.165) is 6.26 Å². The maximum absolute atomic E-state index is 13.3. The maximum Gasteiger partial charge on any atom is 0.255 e. The smallest absolute Gasteiger partial charge is 0.255 e. The lowest BCUT2D eigenvalue weighted by Crippen LogP contribution is -2.18. The van der Waals surface area contributed by atoms with E-state index in [1.807, 2.05) is 6.07 Å². The fourth-order valence-electron chi connectivity index (χ4n) is 2.85. The van der Waals surface area contributed by atoms with Crippen molar-refractivity contribution in [3.63, 3.8) is 0 Å². The van der Waals surface area contributed by atoms with Gasteiger partial charge in [0, 0.05) is 30.3 Å². The number of nitrogens with one attached hydrogen (secondary N) is 2. The van der Waals surface area contributed by atoms with Gasteiger partial charge in [-0.05, 0) is 30.3 Å². The van der Waals surface area contributed by atoms with Crippen LogP contribution >= 0.6 is 0 Å². The Morgan fingerprint density at radius 1 is 1.27 bits per heavy atom. The monoisotopic (exact) mass is 431 g/mol. The van der Waals surface area contributed by atoms with Crippen molar-refractivity contribution < 1.29 is 26.8 Å². The molecule has 2 aromatic carbocycles. The van der Waals surface area contributed by atoms with Gasteiger partial charge in [0.2, 0.25) is 0 Å². The molecule has 0 aliphatic rings. The topological polar surface area (TPSA) is 121 Å². The predicted octanol–water partition coefficient (Wildman–Crippen LogP) is 2.91. The van der Waals surface area contributed by atoms with Gasteiger partial charge in [-0.1, -0.05) is 0 Å². The predicted molar refractivity (Wildman–Crippen MR) is 109 cm³/mol. The Morgan fingerprint density at radius 2 is 1.97 bits per heavy atom. The fourth-order valence-corrected chi connectivity index (χ4v) is 3.27. The van der Waals surface area contributed by atoms with Crippen molar-refractivity contribution in [2.24, 2.45) is 0 Å². The average Bonchev–Trinajstić information content (AvgIpc) is 3.07. The molecule has 1 amide bonds. The highest BCUT2D eigenvalue weighted by atomic mass is 32.2. The van der Waals surface area contributed by atoms with Gasteiger partial charge < -0.3 is 19.8 Å². The fraction of sp³-hybridized carbons (Fsp3) is 0.200. The van der Waals surface area contributed by atoms with E-state index >= 15 is 0 Å². The molecule has 1 heterocycles. The molecule has 0 saturated carbocycles. The number of nitriles is 1. The number of sulfone groups is 1.